The van der Waals surface area contributed by atoms with Gasteiger partial charge in [0.15, 0.2) is 0 Å². The Balaban J connectivity index is 2.04. The first-order valence-electron chi connectivity index (χ1n) is 8.84. The molecule has 0 atom stereocenters. The fourth-order valence-corrected chi connectivity index (χ4v) is 2.96. The zero-order chi connectivity index (χ0) is 19.9. The van der Waals surface area contributed by atoms with Crippen molar-refractivity contribution in [2.45, 2.75) is 13.0 Å². The van der Waals surface area contributed by atoms with Crippen LogP contribution in [-0.2, 0) is 17.8 Å². The molecule has 5 heteroatoms. The van der Waals surface area contributed by atoms with Gasteiger partial charge in [-0.1, -0.05) is 36.4 Å². The average molecular weight is 378 g/mol. The number of rotatable bonds is 8. The zero-order valence-electron chi connectivity index (χ0n) is 15.8. The van der Waals surface area contributed by atoms with Crippen LogP contribution in [0.1, 0.15) is 11.1 Å². The maximum absolute atomic E-state index is 11.2. The summed E-state index contributed by atoms with van der Waals surface area (Å²) in [6.45, 7) is 0.401. The second-order valence-corrected chi connectivity index (χ2v) is 6.24. The van der Waals surface area contributed by atoms with E-state index in [-0.39, 0.29) is 6.42 Å². The highest BCUT2D eigenvalue weighted by Gasteiger charge is 2.15. The Kier molecular flexibility index (Phi) is 6.17. The van der Waals surface area contributed by atoms with E-state index in [1.807, 2.05) is 54.6 Å². The molecule has 28 heavy (non-hydrogen) atoms. The van der Waals surface area contributed by atoms with E-state index in [1.54, 1.807) is 26.4 Å². The number of aliphatic carboxylic acids is 1. The molecule has 0 heterocycles. The highest BCUT2D eigenvalue weighted by Crippen LogP contribution is 2.39. The van der Waals surface area contributed by atoms with Crippen molar-refractivity contribution >= 4 is 5.97 Å². The van der Waals surface area contributed by atoms with E-state index < -0.39 is 5.97 Å². The Labute approximate surface area is 164 Å². The molecule has 0 bridgehead atoms. The van der Waals surface area contributed by atoms with Crippen LogP contribution >= 0.6 is 0 Å². The molecule has 0 fully saturated rings. The molecule has 0 spiro atoms. The van der Waals surface area contributed by atoms with Gasteiger partial charge in [0, 0.05) is 11.1 Å². The van der Waals surface area contributed by atoms with Crippen molar-refractivity contribution in [2.75, 3.05) is 14.2 Å². The number of hydrogen-bond acceptors (Lipinski definition) is 4. The minimum absolute atomic E-state index is 0.0712. The number of ether oxygens (including phenoxy) is 3. The number of benzene rings is 3. The maximum atomic E-state index is 11.2. The summed E-state index contributed by atoms with van der Waals surface area (Å²) in [4.78, 5) is 11.2. The molecular weight excluding hydrogens is 356 g/mol. The van der Waals surface area contributed by atoms with Crippen LogP contribution in [0, 0.1) is 0 Å². The summed E-state index contributed by atoms with van der Waals surface area (Å²) >= 11 is 0. The molecule has 0 aromatic heterocycles. The van der Waals surface area contributed by atoms with E-state index in [4.69, 9.17) is 19.3 Å². The summed E-state index contributed by atoms with van der Waals surface area (Å²) in [6, 6.07) is 20.7. The van der Waals surface area contributed by atoms with Crippen LogP contribution in [0.3, 0.4) is 0 Å². The fraction of sp³-hybridized carbons (Fsp3) is 0.174. The van der Waals surface area contributed by atoms with Crippen LogP contribution < -0.4 is 14.2 Å². The van der Waals surface area contributed by atoms with E-state index >= 15 is 0 Å². The lowest BCUT2D eigenvalue weighted by Crippen LogP contribution is -2.02. The molecule has 0 saturated carbocycles. The highest BCUT2D eigenvalue weighted by atomic mass is 16.5. The molecule has 0 aliphatic heterocycles. The number of carboxylic acids is 1. The lowest BCUT2D eigenvalue weighted by molar-refractivity contribution is -0.136. The summed E-state index contributed by atoms with van der Waals surface area (Å²) in [5.41, 5.74) is 3.25. The first kappa shape index (κ1) is 19.3. The van der Waals surface area contributed by atoms with E-state index in [1.165, 1.54) is 0 Å². The van der Waals surface area contributed by atoms with Gasteiger partial charge in [0.05, 0.1) is 20.6 Å². The van der Waals surface area contributed by atoms with Gasteiger partial charge in [0.2, 0.25) is 0 Å². The molecule has 0 amide bonds. The molecule has 3 aromatic rings. The normalized spacial score (nSPS) is 10.4. The molecule has 3 rings (SSSR count). The summed E-state index contributed by atoms with van der Waals surface area (Å²) in [7, 11) is 3.19. The Morgan fingerprint density at radius 2 is 1.54 bits per heavy atom. The second-order valence-electron chi connectivity index (χ2n) is 6.24. The van der Waals surface area contributed by atoms with Crippen molar-refractivity contribution in [3.8, 4) is 28.4 Å². The Bertz CT molecular complexity index is 950. The molecule has 5 nitrogen and oxygen atoms in total. The van der Waals surface area contributed by atoms with Gasteiger partial charge in [-0.25, -0.2) is 0 Å². The topological polar surface area (TPSA) is 65.0 Å². The van der Waals surface area contributed by atoms with Gasteiger partial charge in [0.25, 0.3) is 0 Å². The number of hydrogen-bond donors (Lipinski definition) is 1. The van der Waals surface area contributed by atoms with Gasteiger partial charge in [-0.2, -0.15) is 0 Å². The van der Waals surface area contributed by atoms with E-state index in [0.29, 0.717) is 29.4 Å². The van der Waals surface area contributed by atoms with Gasteiger partial charge >= 0.3 is 5.97 Å². The maximum Gasteiger partial charge on any atom is 0.307 e. The minimum Gasteiger partial charge on any atom is -0.497 e. The van der Waals surface area contributed by atoms with Crippen LogP contribution in [0.2, 0.25) is 0 Å². The largest absolute Gasteiger partial charge is 0.497 e. The van der Waals surface area contributed by atoms with Crippen LogP contribution in [0.15, 0.2) is 66.7 Å². The lowest BCUT2D eigenvalue weighted by atomic mass is 9.99. The second kappa shape index (κ2) is 8.95. The van der Waals surface area contributed by atoms with Crippen molar-refractivity contribution in [3.63, 3.8) is 0 Å². The highest BCUT2D eigenvalue weighted by molar-refractivity contribution is 5.79. The molecule has 0 radical (unpaired) electrons. The lowest BCUT2D eigenvalue weighted by Gasteiger charge is -2.16. The first-order valence-corrected chi connectivity index (χ1v) is 8.84. The summed E-state index contributed by atoms with van der Waals surface area (Å²) in [5, 5.41) is 9.16. The van der Waals surface area contributed by atoms with Gasteiger partial charge in [-0.3, -0.25) is 4.79 Å². The van der Waals surface area contributed by atoms with E-state index in [0.717, 1.165) is 16.7 Å². The molecule has 0 aliphatic carbocycles. The van der Waals surface area contributed by atoms with Crippen molar-refractivity contribution in [1.29, 1.82) is 0 Å². The molecule has 1 N–H and O–H groups in total. The Morgan fingerprint density at radius 3 is 2.21 bits per heavy atom. The molecule has 0 unspecified atom stereocenters. The monoisotopic (exact) mass is 378 g/mol. The molecule has 144 valence electrons. The predicted molar refractivity (Wildman–Crippen MR) is 107 cm³/mol. The molecular formula is C23H22O5. The number of methoxy groups -OCH3 is 2. The third-order valence-corrected chi connectivity index (χ3v) is 4.33. The third-order valence-electron chi connectivity index (χ3n) is 4.33. The number of carbonyl (C=O) groups is 1. The van der Waals surface area contributed by atoms with Crippen molar-refractivity contribution in [3.05, 3.63) is 77.9 Å². The summed E-state index contributed by atoms with van der Waals surface area (Å²) in [6.07, 6.45) is -0.0712. The Hall–Kier alpha value is -3.47. The molecule has 3 aromatic carbocycles. The van der Waals surface area contributed by atoms with E-state index in [2.05, 4.69) is 0 Å². The smallest absolute Gasteiger partial charge is 0.307 e. The standard InChI is InChI=1S/C23H22O5/c1-26-18-9-11-21(27-2)20(14-18)19-12-17(13-23(24)25)8-10-22(19)28-15-16-6-4-3-5-7-16/h3-12,14H,13,15H2,1-2H3,(H,24,25). The SMILES string of the molecule is COc1ccc(OC)c(-c2cc(CC(=O)O)ccc2OCc2ccccc2)c1. The fourth-order valence-electron chi connectivity index (χ4n) is 2.96. The van der Waals surface area contributed by atoms with Gasteiger partial charge in [0.1, 0.15) is 23.9 Å². The van der Waals surface area contributed by atoms with Crippen molar-refractivity contribution in [2.24, 2.45) is 0 Å². The summed E-state index contributed by atoms with van der Waals surface area (Å²) in [5.74, 6) is 1.08. The predicted octanol–water partition coefficient (Wildman–Crippen LogP) is 4.58. The van der Waals surface area contributed by atoms with Crippen LogP contribution in [-0.4, -0.2) is 25.3 Å². The van der Waals surface area contributed by atoms with Crippen molar-refractivity contribution < 1.29 is 24.1 Å². The molecule has 0 aliphatic rings. The van der Waals surface area contributed by atoms with Gasteiger partial charge in [-0.05, 0) is 41.5 Å². The van der Waals surface area contributed by atoms with Crippen LogP contribution in [0.25, 0.3) is 11.1 Å². The third kappa shape index (κ3) is 4.62. The van der Waals surface area contributed by atoms with E-state index in [9.17, 15) is 4.79 Å². The number of carboxylic acid groups (broad SMARTS) is 1. The van der Waals surface area contributed by atoms with Crippen LogP contribution in [0.4, 0.5) is 0 Å². The van der Waals surface area contributed by atoms with Gasteiger partial charge < -0.3 is 19.3 Å². The minimum atomic E-state index is -0.887. The van der Waals surface area contributed by atoms with Gasteiger partial charge in [-0.15, -0.1) is 0 Å². The first-order chi connectivity index (χ1) is 13.6. The van der Waals surface area contributed by atoms with Crippen LogP contribution in [0.5, 0.6) is 17.2 Å². The summed E-state index contributed by atoms with van der Waals surface area (Å²) < 4.78 is 16.9. The average Bonchev–Trinajstić information content (AvgIpc) is 2.72. The molecule has 0 saturated heterocycles. The zero-order valence-corrected chi connectivity index (χ0v) is 15.8. The van der Waals surface area contributed by atoms with Crippen molar-refractivity contribution in [1.82, 2.24) is 0 Å². The quantitative estimate of drug-likeness (QED) is 0.622. The Morgan fingerprint density at radius 1 is 0.821 bits per heavy atom.